The third kappa shape index (κ3) is 3.79. The molecular formula is C15H23BrN2. The first-order chi connectivity index (χ1) is 8.61. The van der Waals surface area contributed by atoms with Gasteiger partial charge < -0.3 is 5.73 Å². The van der Waals surface area contributed by atoms with Crippen molar-refractivity contribution >= 4 is 15.9 Å². The number of pyridine rings is 1. The molecule has 3 heteroatoms. The second kappa shape index (κ2) is 6.16. The van der Waals surface area contributed by atoms with Gasteiger partial charge in [0.2, 0.25) is 0 Å². The summed E-state index contributed by atoms with van der Waals surface area (Å²) in [6, 6.07) is 4.14. The zero-order valence-electron chi connectivity index (χ0n) is 11.2. The Morgan fingerprint density at radius 1 is 1.39 bits per heavy atom. The van der Waals surface area contributed by atoms with Crippen LogP contribution in [0.3, 0.4) is 0 Å². The summed E-state index contributed by atoms with van der Waals surface area (Å²) in [4.78, 5) is 4.46. The van der Waals surface area contributed by atoms with Crippen molar-refractivity contribution in [3.63, 3.8) is 0 Å². The average molecular weight is 311 g/mol. The van der Waals surface area contributed by atoms with Crippen molar-refractivity contribution in [2.24, 2.45) is 11.7 Å². The molecule has 0 aromatic carbocycles. The monoisotopic (exact) mass is 310 g/mol. The lowest BCUT2D eigenvalue weighted by atomic mass is 9.86. The summed E-state index contributed by atoms with van der Waals surface area (Å²) >= 11 is 3.42. The molecule has 1 heterocycles. The van der Waals surface area contributed by atoms with Crippen LogP contribution in [0.2, 0.25) is 0 Å². The summed E-state index contributed by atoms with van der Waals surface area (Å²) in [7, 11) is 0. The molecule has 0 spiro atoms. The summed E-state index contributed by atoms with van der Waals surface area (Å²) in [5, 5.41) is 0. The molecule has 2 nitrogen and oxygen atoms in total. The van der Waals surface area contributed by atoms with Gasteiger partial charge in [-0.25, -0.2) is 0 Å². The van der Waals surface area contributed by atoms with Gasteiger partial charge in [-0.3, -0.25) is 4.98 Å². The Morgan fingerprint density at radius 3 is 2.89 bits per heavy atom. The Labute approximate surface area is 119 Å². The van der Waals surface area contributed by atoms with E-state index in [0.29, 0.717) is 0 Å². The maximum absolute atomic E-state index is 6.59. The first-order valence-corrected chi connectivity index (χ1v) is 7.80. The van der Waals surface area contributed by atoms with E-state index < -0.39 is 0 Å². The fourth-order valence-corrected chi connectivity index (χ4v) is 3.20. The van der Waals surface area contributed by atoms with Gasteiger partial charge in [0, 0.05) is 28.3 Å². The number of rotatable bonds is 3. The van der Waals surface area contributed by atoms with Gasteiger partial charge >= 0.3 is 0 Å². The van der Waals surface area contributed by atoms with Gasteiger partial charge in [0.05, 0.1) is 0 Å². The average Bonchev–Trinajstić information content (AvgIpc) is 2.54. The molecule has 1 aliphatic rings. The fraction of sp³-hybridized carbons (Fsp3) is 0.667. The summed E-state index contributed by atoms with van der Waals surface area (Å²) in [6.45, 7) is 2.30. The number of nitrogens with two attached hydrogens (primary N) is 1. The van der Waals surface area contributed by atoms with E-state index in [0.717, 1.165) is 35.3 Å². The molecule has 0 amide bonds. The second-order valence-electron chi connectivity index (χ2n) is 5.71. The number of hydrogen-bond acceptors (Lipinski definition) is 2. The van der Waals surface area contributed by atoms with Crippen LogP contribution in [-0.4, -0.2) is 10.5 Å². The van der Waals surface area contributed by atoms with E-state index in [1.54, 1.807) is 0 Å². The molecule has 2 rings (SSSR count). The molecule has 1 aliphatic carbocycles. The van der Waals surface area contributed by atoms with E-state index in [-0.39, 0.29) is 5.54 Å². The first kappa shape index (κ1) is 14.0. The Hall–Kier alpha value is -0.410. The van der Waals surface area contributed by atoms with E-state index in [1.165, 1.54) is 25.7 Å². The first-order valence-electron chi connectivity index (χ1n) is 7.00. The molecule has 1 fully saturated rings. The quantitative estimate of drug-likeness (QED) is 0.855. The molecule has 2 N–H and O–H groups in total. The summed E-state index contributed by atoms with van der Waals surface area (Å²) in [6.07, 6.45) is 10.3. The minimum absolute atomic E-state index is 0.0370. The van der Waals surface area contributed by atoms with Crippen LogP contribution in [0.25, 0.3) is 0 Å². The normalized spacial score (nSPS) is 28.9. The standard InChI is InChI=1S/C15H23BrN2/c1-2-12-4-3-8-15(17,9-7-12)10-14-6-5-13(16)11-18-14/h5-6,11-12H,2-4,7-10,17H2,1H3. The summed E-state index contributed by atoms with van der Waals surface area (Å²) in [5.74, 6) is 0.883. The van der Waals surface area contributed by atoms with Gasteiger partial charge in [-0.15, -0.1) is 0 Å². The van der Waals surface area contributed by atoms with Crippen molar-refractivity contribution in [2.45, 2.75) is 57.4 Å². The number of nitrogens with zero attached hydrogens (tertiary/aromatic N) is 1. The highest BCUT2D eigenvalue weighted by atomic mass is 79.9. The van der Waals surface area contributed by atoms with E-state index in [9.17, 15) is 0 Å². The van der Waals surface area contributed by atoms with Gasteiger partial charge in [-0.1, -0.05) is 26.2 Å². The predicted molar refractivity (Wildman–Crippen MR) is 79.4 cm³/mol. The Balaban J connectivity index is 2.00. The number of hydrogen-bond donors (Lipinski definition) is 1. The van der Waals surface area contributed by atoms with Crippen LogP contribution in [0, 0.1) is 5.92 Å². The van der Waals surface area contributed by atoms with E-state index in [1.807, 2.05) is 6.20 Å². The third-order valence-corrected chi connectivity index (χ3v) is 4.71. The Morgan fingerprint density at radius 2 is 2.22 bits per heavy atom. The minimum atomic E-state index is -0.0370. The molecule has 0 bridgehead atoms. The molecule has 0 aliphatic heterocycles. The summed E-state index contributed by atoms with van der Waals surface area (Å²) in [5.41, 5.74) is 7.68. The third-order valence-electron chi connectivity index (χ3n) is 4.24. The predicted octanol–water partition coefficient (Wildman–Crippen LogP) is 4.07. The zero-order valence-corrected chi connectivity index (χ0v) is 12.7. The lowest BCUT2D eigenvalue weighted by Crippen LogP contribution is -2.41. The maximum atomic E-state index is 6.59. The van der Waals surface area contributed by atoms with Crippen molar-refractivity contribution in [2.75, 3.05) is 0 Å². The molecule has 1 aromatic heterocycles. The van der Waals surface area contributed by atoms with Gasteiger partial charge in [0.25, 0.3) is 0 Å². The molecule has 1 saturated carbocycles. The van der Waals surface area contributed by atoms with Gasteiger partial charge in [-0.05, 0) is 53.2 Å². The molecule has 100 valence electrons. The highest BCUT2D eigenvalue weighted by Gasteiger charge is 2.29. The lowest BCUT2D eigenvalue weighted by Gasteiger charge is -2.28. The molecular weight excluding hydrogens is 288 g/mol. The van der Waals surface area contributed by atoms with Gasteiger partial charge in [-0.2, -0.15) is 0 Å². The highest BCUT2D eigenvalue weighted by molar-refractivity contribution is 9.10. The largest absolute Gasteiger partial charge is 0.325 e. The van der Waals surface area contributed by atoms with Gasteiger partial charge in [0.1, 0.15) is 0 Å². The van der Waals surface area contributed by atoms with E-state index in [4.69, 9.17) is 5.73 Å². The van der Waals surface area contributed by atoms with Gasteiger partial charge in [0.15, 0.2) is 0 Å². The molecule has 0 saturated heterocycles. The topological polar surface area (TPSA) is 38.9 Å². The second-order valence-corrected chi connectivity index (χ2v) is 6.63. The molecule has 1 aromatic rings. The maximum Gasteiger partial charge on any atom is 0.0422 e. The van der Waals surface area contributed by atoms with Crippen LogP contribution in [0.4, 0.5) is 0 Å². The Kier molecular flexibility index (Phi) is 4.79. The SMILES string of the molecule is CCC1CCCC(N)(Cc2ccc(Br)cn2)CC1. The van der Waals surface area contributed by atoms with Crippen LogP contribution in [0.5, 0.6) is 0 Å². The van der Waals surface area contributed by atoms with Crippen molar-refractivity contribution in [1.82, 2.24) is 4.98 Å². The molecule has 0 radical (unpaired) electrons. The fourth-order valence-electron chi connectivity index (χ4n) is 2.96. The van der Waals surface area contributed by atoms with Crippen LogP contribution in [0.15, 0.2) is 22.8 Å². The van der Waals surface area contributed by atoms with Crippen LogP contribution >= 0.6 is 15.9 Å². The van der Waals surface area contributed by atoms with Crippen molar-refractivity contribution < 1.29 is 0 Å². The minimum Gasteiger partial charge on any atom is -0.325 e. The van der Waals surface area contributed by atoms with Crippen LogP contribution in [-0.2, 0) is 6.42 Å². The van der Waals surface area contributed by atoms with Crippen LogP contribution in [0.1, 0.15) is 51.1 Å². The lowest BCUT2D eigenvalue weighted by molar-refractivity contribution is 0.355. The van der Waals surface area contributed by atoms with Crippen molar-refractivity contribution in [1.29, 1.82) is 0 Å². The van der Waals surface area contributed by atoms with E-state index >= 15 is 0 Å². The number of halogens is 1. The van der Waals surface area contributed by atoms with Crippen LogP contribution < -0.4 is 5.73 Å². The van der Waals surface area contributed by atoms with E-state index in [2.05, 4.69) is 40.0 Å². The smallest absolute Gasteiger partial charge is 0.0422 e. The van der Waals surface area contributed by atoms with Crippen molar-refractivity contribution in [3.05, 3.63) is 28.5 Å². The molecule has 2 atom stereocenters. The molecule has 2 unspecified atom stereocenters. The highest BCUT2D eigenvalue weighted by Crippen LogP contribution is 2.32. The van der Waals surface area contributed by atoms with Crippen molar-refractivity contribution in [3.8, 4) is 0 Å². The number of aromatic nitrogens is 1. The molecule has 18 heavy (non-hydrogen) atoms. The zero-order chi connectivity index (χ0) is 13.0. The summed E-state index contributed by atoms with van der Waals surface area (Å²) < 4.78 is 1.03. The Bertz CT molecular complexity index is 377.